The Labute approximate surface area is 94.7 Å². The van der Waals surface area contributed by atoms with E-state index in [1.165, 1.54) is 37.7 Å². The SMILES string of the molecule is CCCC(C)(C)CCCc1ccccc1. The first kappa shape index (κ1) is 12.3. The smallest absolute Gasteiger partial charge is 0.0279 e. The molecule has 0 bridgehead atoms. The molecule has 0 N–H and O–H groups in total. The van der Waals surface area contributed by atoms with Gasteiger partial charge in [0.15, 0.2) is 0 Å². The Balaban J connectivity index is 2.27. The van der Waals surface area contributed by atoms with Crippen molar-refractivity contribution in [1.29, 1.82) is 0 Å². The molecule has 1 aromatic rings. The zero-order valence-corrected chi connectivity index (χ0v) is 10.4. The lowest BCUT2D eigenvalue weighted by molar-refractivity contribution is 0.296. The number of hydrogen-bond acceptors (Lipinski definition) is 0. The average Bonchev–Trinajstić information content (AvgIpc) is 2.19. The summed E-state index contributed by atoms with van der Waals surface area (Å²) in [5, 5.41) is 0. The van der Waals surface area contributed by atoms with E-state index in [-0.39, 0.29) is 0 Å². The van der Waals surface area contributed by atoms with Crippen LogP contribution in [0.2, 0.25) is 0 Å². The molecule has 84 valence electrons. The fourth-order valence-corrected chi connectivity index (χ4v) is 2.22. The molecule has 0 atom stereocenters. The molecular formula is C15H24. The van der Waals surface area contributed by atoms with E-state index in [1.807, 2.05) is 0 Å². The van der Waals surface area contributed by atoms with E-state index in [4.69, 9.17) is 0 Å². The molecule has 0 aliphatic heterocycles. The minimum absolute atomic E-state index is 0.531. The summed E-state index contributed by atoms with van der Waals surface area (Å²) in [6.07, 6.45) is 6.54. The minimum atomic E-state index is 0.531. The van der Waals surface area contributed by atoms with Gasteiger partial charge in [-0.3, -0.25) is 0 Å². The lowest BCUT2D eigenvalue weighted by Crippen LogP contribution is -2.10. The van der Waals surface area contributed by atoms with Crippen LogP contribution in [0.4, 0.5) is 0 Å². The molecule has 0 nitrogen and oxygen atoms in total. The molecule has 0 amide bonds. The van der Waals surface area contributed by atoms with E-state index in [2.05, 4.69) is 51.1 Å². The van der Waals surface area contributed by atoms with Crippen molar-refractivity contribution in [2.24, 2.45) is 5.41 Å². The molecule has 0 heterocycles. The molecule has 0 saturated carbocycles. The lowest BCUT2D eigenvalue weighted by Gasteiger charge is -2.23. The second-order valence-electron chi connectivity index (χ2n) is 5.25. The Hall–Kier alpha value is -0.780. The topological polar surface area (TPSA) is 0 Å². The Morgan fingerprint density at radius 2 is 1.67 bits per heavy atom. The summed E-state index contributed by atoms with van der Waals surface area (Å²) >= 11 is 0. The summed E-state index contributed by atoms with van der Waals surface area (Å²) in [6, 6.07) is 10.8. The monoisotopic (exact) mass is 204 g/mol. The molecule has 1 aromatic carbocycles. The van der Waals surface area contributed by atoms with Gasteiger partial charge in [-0.05, 0) is 36.7 Å². The van der Waals surface area contributed by atoms with Gasteiger partial charge in [0.05, 0.1) is 0 Å². The predicted octanol–water partition coefficient (Wildman–Crippen LogP) is 4.84. The van der Waals surface area contributed by atoms with Crippen LogP contribution in [0.5, 0.6) is 0 Å². The molecule has 0 unspecified atom stereocenters. The van der Waals surface area contributed by atoms with Crippen LogP contribution in [0.15, 0.2) is 30.3 Å². The third-order valence-corrected chi connectivity index (χ3v) is 3.09. The maximum absolute atomic E-state index is 2.39. The third-order valence-electron chi connectivity index (χ3n) is 3.09. The zero-order valence-electron chi connectivity index (χ0n) is 10.4. The maximum Gasteiger partial charge on any atom is -0.0279 e. The van der Waals surface area contributed by atoms with E-state index in [0.717, 1.165) is 0 Å². The second-order valence-corrected chi connectivity index (χ2v) is 5.25. The molecule has 0 fully saturated rings. The molecular weight excluding hydrogens is 180 g/mol. The predicted molar refractivity (Wildman–Crippen MR) is 68.1 cm³/mol. The molecule has 1 rings (SSSR count). The normalized spacial score (nSPS) is 11.7. The van der Waals surface area contributed by atoms with E-state index < -0.39 is 0 Å². The molecule has 0 radical (unpaired) electrons. The summed E-state index contributed by atoms with van der Waals surface area (Å²) in [7, 11) is 0. The Kier molecular flexibility index (Phi) is 4.87. The van der Waals surface area contributed by atoms with E-state index in [1.54, 1.807) is 0 Å². The van der Waals surface area contributed by atoms with Gasteiger partial charge in [0, 0.05) is 0 Å². The highest BCUT2D eigenvalue weighted by Crippen LogP contribution is 2.28. The fraction of sp³-hybridized carbons (Fsp3) is 0.600. The van der Waals surface area contributed by atoms with Gasteiger partial charge in [0.25, 0.3) is 0 Å². The van der Waals surface area contributed by atoms with Crippen LogP contribution in [-0.2, 0) is 6.42 Å². The van der Waals surface area contributed by atoms with Crippen LogP contribution in [0, 0.1) is 5.41 Å². The highest BCUT2D eigenvalue weighted by atomic mass is 14.2. The highest BCUT2D eigenvalue weighted by Gasteiger charge is 2.15. The molecule has 0 saturated heterocycles. The lowest BCUT2D eigenvalue weighted by atomic mass is 9.82. The minimum Gasteiger partial charge on any atom is -0.0654 e. The van der Waals surface area contributed by atoms with Crippen molar-refractivity contribution in [1.82, 2.24) is 0 Å². The second kappa shape index (κ2) is 5.95. The average molecular weight is 204 g/mol. The molecule has 0 spiro atoms. The summed E-state index contributed by atoms with van der Waals surface area (Å²) < 4.78 is 0. The molecule has 0 aromatic heterocycles. The number of rotatable bonds is 6. The summed E-state index contributed by atoms with van der Waals surface area (Å²) in [4.78, 5) is 0. The maximum atomic E-state index is 2.39. The number of aryl methyl sites for hydroxylation is 1. The molecule has 0 aliphatic carbocycles. The summed E-state index contributed by atoms with van der Waals surface area (Å²) in [5.41, 5.74) is 2.01. The van der Waals surface area contributed by atoms with Crippen LogP contribution < -0.4 is 0 Å². The van der Waals surface area contributed by atoms with Crippen molar-refractivity contribution >= 4 is 0 Å². The van der Waals surface area contributed by atoms with Crippen molar-refractivity contribution in [2.45, 2.75) is 52.9 Å². The number of hydrogen-bond donors (Lipinski definition) is 0. The largest absolute Gasteiger partial charge is 0.0654 e. The van der Waals surface area contributed by atoms with Gasteiger partial charge < -0.3 is 0 Å². The van der Waals surface area contributed by atoms with Crippen molar-refractivity contribution in [2.75, 3.05) is 0 Å². The van der Waals surface area contributed by atoms with Crippen molar-refractivity contribution in [3.05, 3.63) is 35.9 Å². The van der Waals surface area contributed by atoms with Crippen molar-refractivity contribution in [3.8, 4) is 0 Å². The fourth-order valence-electron chi connectivity index (χ4n) is 2.22. The summed E-state index contributed by atoms with van der Waals surface area (Å²) in [5.74, 6) is 0. The van der Waals surface area contributed by atoms with Gasteiger partial charge in [0.1, 0.15) is 0 Å². The standard InChI is InChI=1S/C15H24/c1-4-12-15(2,3)13-8-11-14-9-6-5-7-10-14/h5-7,9-10H,4,8,11-13H2,1-3H3. The van der Waals surface area contributed by atoms with Crippen LogP contribution in [-0.4, -0.2) is 0 Å². The first-order valence-corrected chi connectivity index (χ1v) is 6.18. The highest BCUT2D eigenvalue weighted by molar-refractivity contribution is 5.14. The van der Waals surface area contributed by atoms with E-state index in [0.29, 0.717) is 5.41 Å². The van der Waals surface area contributed by atoms with Crippen LogP contribution in [0.3, 0.4) is 0 Å². The van der Waals surface area contributed by atoms with Gasteiger partial charge in [-0.15, -0.1) is 0 Å². The van der Waals surface area contributed by atoms with Crippen LogP contribution in [0.25, 0.3) is 0 Å². The van der Waals surface area contributed by atoms with Gasteiger partial charge in [0.2, 0.25) is 0 Å². The van der Waals surface area contributed by atoms with Gasteiger partial charge >= 0.3 is 0 Å². The Bertz CT molecular complexity index is 259. The Morgan fingerprint density at radius 1 is 1.00 bits per heavy atom. The van der Waals surface area contributed by atoms with Crippen molar-refractivity contribution < 1.29 is 0 Å². The van der Waals surface area contributed by atoms with Crippen LogP contribution >= 0.6 is 0 Å². The molecule has 0 aliphatic rings. The quantitative estimate of drug-likeness (QED) is 0.622. The van der Waals surface area contributed by atoms with Gasteiger partial charge in [-0.2, -0.15) is 0 Å². The van der Waals surface area contributed by atoms with E-state index in [9.17, 15) is 0 Å². The number of benzene rings is 1. The molecule has 15 heavy (non-hydrogen) atoms. The van der Waals surface area contributed by atoms with E-state index >= 15 is 0 Å². The first-order chi connectivity index (χ1) is 7.14. The zero-order chi connectivity index (χ0) is 11.1. The summed E-state index contributed by atoms with van der Waals surface area (Å²) in [6.45, 7) is 7.06. The third kappa shape index (κ3) is 5.01. The van der Waals surface area contributed by atoms with Gasteiger partial charge in [-0.25, -0.2) is 0 Å². The van der Waals surface area contributed by atoms with Crippen LogP contribution in [0.1, 0.15) is 52.0 Å². The molecule has 0 heteroatoms. The van der Waals surface area contributed by atoms with Gasteiger partial charge in [-0.1, -0.05) is 57.5 Å². The first-order valence-electron chi connectivity index (χ1n) is 6.18. The van der Waals surface area contributed by atoms with Crippen molar-refractivity contribution in [3.63, 3.8) is 0 Å². The Morgan fingerprint density at radius 3 is 2.27 bits per heavy atom.